The average molecular weight is 208 g/mol. The molecule has 1 aromatic carbocycles. The third-order valence-electron chi connectivity index (χ3n) is 2.09. The van der Waals surface area contributed by atoms with Gasteiger partial charge >= 0.3 is 0 Å². The van der Waals surface area contributed by atoms with Gasteiger partial charge < -0.3 is 15.7 Å². The number of aliphatic hydroxyl groups is 1. The van der Waals surface area contributed by atoms with Crippen LogP contribution in [0.4, 0.5) is 5.69 Å². The molecule has 3 N–H and O–H groups in total. The predicted octanol–water partition coefficient (Wildman–Crippen LogP) is 0.839. The van der Waals surface area contributed by atoms with E-state index in [-0.39, 0.29) is 18.6 Å². The maximum Gasteiger partial charge on any atom is 0.253 e. The highest BCUT2D eigenvalue weighted by Gasteiger charge is 2.11. The summed E-state index contributed by atoms with van der Waals surface area (Å²) in [6.45, 7) is 1.69. The lowest BCUT2D eigenvalue weighted by Crippen LogP contribution is -2.35. The van der Waals surface area contributed by atoms with Crippen LogP contribution in [-0.4, -0.2) is 30.7 Å². The first-order chi connectivity index (χ1) is 7.19. The van der Waals surface area contributed by atoms with E-state index < -0.39 is 0 Å². The number of nitrogens with one attached hydrogen (secondary N) is 2. The quantitative estimate of drug-likeness (QED) is 0.687. The SMILES string of the molecule is CNc1ccccc1C(=O)NC(C)CO. The maximum atomic E-state index is 11.7. The van der Waals surface area contributed by atoms with Crippen LogP contribution in [0.5, 0.6) is 0 Å². The summed E-state index contributed by atoms with van der Waals surface area (Å²) in [5.74, 6) is -0.179. The molecule has 0 heterocycles. The molecule has 4 nitrogen and oxygen atoms in total. The van der Waals surface area contributed by atoms with Crippen LogP contribution < -0.4 is 10.6 Å². The number of aliphatic hydroxyl groups excluding tert-OH is 1. The van der Waals surface area contributed by atoms with Gasteiger partial charge in [-0.3, -0.25) is 4.79 Å². The summed E-state index contributed by atoms with van der Waals surface area (Å²) in [5, 5.41) is 14.5. The molecule has 0 aliphatic rings. The van der Waals surface area contributed by atoms with Crippen molar-refractivity contribution in [2.24, 2.45) is 0 Å². The van der Waals surface area contributed by atoms with Crippen LogP contribution in [0.2, 0.25) is 0 Å². The number of para-hydroxylation sites is 1. The number of hydrogen-bond donors (Lipinski definition) is 3. The van der Waals surface area contributed by atoms with Gasteiger partial charge in [0.1, 0.15) is 0 Å². The lowest BCUT2D eigenvalue weighted by Gasteiger charge is -2.13. The lowest BCUT2D eigenvalue weighted by atomic mass is 10.1. The summed E-state index contributed by atoms with van der Waals surface area (Å²) in [6.07, 6.45) is 0. The maximum absolute atomic E-state index is 11.7. The Labute approximate surface area is 89.3 Å². The molecule has 15 heavy (non-hydrogen) atoms. The number of rotatable bonds is 4. The zero-order valence-corrected chi connectivity index (χ0v) is 8.95. The average Bonchev–Trinajstić information content (AvgIpc) is 2.28. The molecule has 0 bridgehead atoms. The smallest absolute Gasteiger partial charge is 0.253 e. The molecule has 0 saturated carbocycles. The second kappa shape index (κ2) is 5.36. The lowest BCUT2D eigenvalue weighted by molar-refractivity contribution is 0.0923. The minimum absolute atomic E-state index is 0.0620. The monoisotopic (exact) mass is 208 g/mol. The van der Waals surface area contributed by atoms with Crippen LogP contribution in [0.15, 0.2) is 24.3 Å². The molecular weight excluding hydrogens is 192 g/mol. The number of benzene rings is 1. The van der Waals surface area contributed by atoms with Crippen molar-refractivity contribution in [1.29, 1.82) is 0 Å². The predicted molar refractivity (Wildman–Crippen MR) is 60.0 cm³/mol. The van der Waals surface area contributed by atoms with E-state index in [1.807, 2.05) is 12.1 Å². The van der Waals surface area contributed by atoms with Gasteiger partial charge in [-0.15, -0.1) is 0 Å². The van der Waals surface area contributed by atoms with Crippen LogP contribution in [0.25, 0.3) is 0 Å². The number of anilines is 1. The first-order valence-corrected chi connectivity index (χ1v) is 4.87. The number of amides is 1. The summed E-state index contributed by atoms with van der Waals surface area (Å²) >= 11 is 0. The zero-order chi connectivity index (χ0) is 11.3. The highest BCUT2D eigenvalue weighted by Crippen LogP contribution is 2.13. The highest BCUT2D eigenvalue weighted by atomic mass is 16.3. The molecule has 0 aliphatic carbocycles. The molecule has 82 valence electrons. The van der Waals surface area contributed by atoms with Crippen molar-refractivity contribution in [2.75, 3.05) is 19.0 Å². The van der Waals surface area contributed by atoms with Gasteiger partial charge in [0, 0.05) is 18.8 Å². The van der Waals surface area contributed by atoms with E-state index in [2.05, 4.69) is 10.6 Å². The third-order valence-corrected chi connectivity index (χ3v) is 2.09. The molecule has 0 fully saturated rings. The molecule has 0 aliphatic heterocycles. The van der Waals surface area contributed by atoms with Crippen molar-refractivity contribution in [3.8, 4) is 0 Å². The van der Waals surface area contributed by atoms with Gasteiger partial charge in [-0.2, -0.15) is 0 Å². The van der Waals surface area contributed by atoms with Crippen molar-refractivity contribution in [2.45, 2.75) is 13.0 Å². The molecule has 1 atom stereocenters. The molecule has 1 rings (SSSR count). The minimum atomic E-state index is -0.234. The van der Waals surface area contributed by atoms with Gasteiger partial charge in [0.15, 0.2) is 0 Å². The van der Waals surface area contributed by atoms with E-state index in [1.165, 1.54) is 0 Å². The minimum Gasteiger partial charge on any atom is -0.394 e. The first-order valence-electron chi connectivity index (χ1n) is 4.87. The van der Waals surface area contributed by atoms with Crippen molar-refractivity contribution < 1.29 is 9.90 Å². The molecule has 4 heteroatoms. The second-order valence-corrected chi connectivity index (χ2v) is 3.35. The van der Waals surface area contributed by atoms with E-state index in [0.717, 1.165) is 5.69 Å². The zero-order valence-electron chi connectivity index (χ0n) is 8.95. The molecule has 1 amide bonds. The van der Waals surface area contributed by atoms with E-state index in [1.54, 1.807) is 26.1 Å². The van der Waals surface area contributed by atoms with Gasteiger partial charge in [-0.25, -0.2) is 0 Å². The fourth-order valence-corrected chi connectivity index (χ4v) is 1.25. The Morgan fingerprint density at radius 1 is 1.47 bits per heavy atom. The number of carbonyl (C=O) groups excluding carboxylic acids is 1. The van der Waals surface area contributed by atoms with E-state index >= 15 is 0 Å². The van der Waals surface area contributed by atoms with Gasteiger partial charge in [-0.05, 0) is 19.1 Å². The Morgan fingerprint density at radius 2 is 2.13 bits per heavy atom. The summed E-state index contributed by atoms with van der Waals surface area (Å²) < 4.78 is 0. The van der Waals surface area contributed by atoms with Crippen LogP contribution in [-0.2, 0) is 0 Å². The summed E-state index contributed by atoms with van der Waals surface area (Å²) in [5.41, 5.74) is 1.36. The highest BCUT2D eigenvalue weighted by molar-refractivity contribution is 5.99. The molecule has 1 unspecified atom stereocenters. The Balaban J connectivity index is 2.81. The fourth-order valence-electron chi connectivity index (χ4n) is 1.25. The Hall–Kier alpha value is -1.55. The van der Waals surface area contributed by atoms with Gasteiger partial charge in [0.2, 0.25) is 0 Å². The van der Waals surface area contributed by atoms with Gasteiger partial charge in [0.05, 0.1) is 12.2 Å². The molecule has 0 radical (unpaired) electrons. The third kappa shape index (κ3) is 2.95. The number of hydrogen-bond acceptors (Lipinski definition) is 3. The van der Waals surface area contributed by atoms with Crippen LogP contribution in [0, 0.1) is 0 Å². The molecule has 0 aromatic heterocycles. The van der Waals surface area contributed by atoms with Crippen molar-refractivity contribution in [3.63, 3.8) is 0 Å². The number of carbonyl (C=O) groups is 1. The Morgan fingerprint density at radius 3 is 2.73 bits per heavy atom. The van der Waals surface area contributed by atoms with Crippen molar-refractivity contribution in [1.82, 2.24) is 5.32 Å². The largest absolute Gasteiger partial charge is 0.394 e. The normalized spacial score (nSPS) is 11.9. The summed E-state index contributed by atoms with van der Waals surface area (Å²) in [6, 6.07) is 7.00. The fraction of sp³-hybridized carbons (Fsp3) is 0.364. The summed E-state index contributed by atoms with van der Waals surface area (Å²) in [4.78, 5) is 11.7. The van der Waals surface area contributed by atoms with Crippen molar-refractivity contribution >= 4 is 11.6 Å². The first kappa shape index (κ1) is 11.5. The molecule has 0 saturated heterocycles. The molecule has 0 spiro atoms. The topological polar surface area (TPSA) is 61.4 Å². The van der Waals surface area contributed by atoms with Gasteiger partial charge in [0.25, 0.3) is 5.91 Å². The van der Waals surface area contributed by atoms with E-state index in [4.69, 9.17) is 5.11 Å². The van der Waals surface area contributed by atoms with E-state index in [9.17, 15) is 4.79 Å². The van der Waals surface area contributed by atoms with Crippen molar-refractivity contribution in [3.05, 3.63) is 29.8 Å². The summed E-state index contributed by atoms with van der Waals surface area (Å²) in [7, 11) is 1.77. The van der Waals surface area contributed by atoms with Crippen LogP contribution >= 0.6 is 0 Å². The second-order valence-electron chi connectivity index (χ2n) is 3.35. The Kier molecular flexibility index (Phi) is 4.12. The van der Waals surface area contributed by atoms with Crippen LogP contribution in [0.3, 0.4) is 0 Å². The molecular formula is C11H16N2O2. The van der Waals surface area contributed by atoms with Gasteiger partial charge in [-0.1, -0.05) is 12.1 Å². The molecule has 1 aromatic rings. The van der Waals surface area contributed by atoms with Crippen LogP contribution in [0.1, 0.15) is 17.3 Å². The Bertz CT molecular complexity index is 339. The standard InChI is InChI=1S/C11H16N2O2/c1-8(7-14)13-11(15)9-5-3-4-6-10(9)12-2/h3-6,8,12,14H,7H2,1-2H3,(H,13,15). The van der Waals surface area contributed by atoms with E-state index in [0.29, 0.717) is 5.56 Å².